The smallest absolute Gasteiger partial charge is 0.217 e. The van der Waals surface area contributed by atoms with Crippen LogP contribution in [0.1, 0.15) is 12.8 Å². The Morgan fingerprint density at radius 3 is 3.00 bits per heavy atom. The lowest BCUT2D eigenvalue weighted by Crippen LogP contribution is -2.05. The summed E-state index contributed by atoms with van der Waals surface area (Å²) in [6, 6.07) is 10.5. The Morgan fingerprint density at radius 1 is 1.21 bits per heavy atom. The lowest BCUT2D eigenvalue weighted by molar-refractivity contribution is 0.808. The van der Waals surface area contributed by atoms with Gasteiger partial charge in [-0.05, 0) is 54.9 Å². The fourth-order valence-corrected chi connectivity index (χ4v) is 4.11. The largest absolute Gasteiger partial charge is 0.375 e. The Morgan fingerprint density at radius 2 is 2.12 bits per heavy atom. The van der Waals surface area contributed by atoms with Gasteiger partial charge in [-0.15, -0.1) is 15.3 Å². The summed E-state index contributed by atoms with van der Waals surface area (Å²) in [5.74, 6) is 0.859. The van der Waals surface area contributed by atoms with E-state index in [0.29, 0.717) is 11.2 Å². The van der Waals surface area contributed by atoms with Crippen LogP contribution in [0, 0.1) is 0 Å². The number of nitrogens with zero attached hydrogens (tertiary/aromatic N) is 5. The molecule has 1 saturated carbocycles. The number of nitrogens with two attached hydrogens (primary N) is 1. The summed E-state index contributed by atoms with van der Waals surface area (Å²) < 4.78 is 2.84. The number of benzene rings is 1. The quantitative estimate of drug-likeness (QED) is 0.581. The third-order valence-corrected chi connectivity index (χ3v) is 5.52. The maximum Gasteiger partial charge on any atom is 0.217 e. The number of fused-ring (bicyclic) bond motifs is 2. The zero-order valence-electron chi connectivity index (χ0n) is 12.5. The molecule has 0 aliphatic heterocycles. The Kier molecular flexibility index (Phi) is 3.10. The molecule has 3 N–H and O–H groups in total. The van der Waals surface area contributed by atoms with Gasteiger partial charge in [-0.1, -0.05) is 11.3 Å². The predicted molar refractivity (Wildman–Crippen MR) is 95.6 cm³/mol. The van der Waals surface area contributed by atoms with Crippen molar-refractivity contribution in [3.8, 4) is 0 Å². The molecule has 0 atom stereocenters. The van der Waals surface area contributed by atoms with Gasteiger partial charge in [0.15, 0.2) is 10.8 Å². The van der Waals surface area contributed by atoms with Crippen molar-refractivity contribution in [2.45, 2.75) is 28.9 Å². The number of anilines is 2. The molecule has 120 valence electrons. The van der Waals surface area contributed by atoms with Crippen LogP contribution in [0.4, 0.5) is 10.9 Å². The van der Waals surface area contributed by atoms with Gasteiger partial charge in [0.1, 0.15) is 5.82 Å². The highest BCUT2D eigenvalue weighted by atomic mass is 32.2. The van der Waals surface area contributed by atoms with Crippen molar-refractivity contribution in [2.24, 2.45) is 0 Å². The van der Waals surface area contributed by atoms with Crippen LogP contribution in [0.25, 0.3) is 15.9 Å². The highest BCUT2D eigenvalue weighted by molar-refractivity contribution is 7.99. The number of hydrogen-bond acceptors (Lipinski definition) is 8. The lowest BCUT2D eigenvalue weighted by Gasteiger charge is -2.04. The third-order valence-electron chi connectivity index (χ3n) is 3.75. The van der Waals surface area contributed by atoms with Gasteiger partial charge in [-0.25, -0.2) is 4.98 Å². The fraction of sp³-hybridized carbons (Fsp3) is 0.200. The van der Waals surface area contributed by atoms with E-state index in [9.17, 15) is 0 Å². The van der Waals surface area contributed by atoms with Crippen LogP contribution in [-0.4, -0.2) is 30.8 Å². The molecule has 0 bridgehead atoms. The van der Waals surface area contributed by atoms with Crippen molar-refractivity contribution in [2.75, 3.05) is 11.1 Å². The fourth-order valence-electron chi connectivity index (χ4n) is 2.44. The van der Waals surface area contributed by atoms with Gasteiger partial charge in [0, 0.05) is 10.9 Å². The molecule has 4 aromatic rings. The van der Waals surface area contributed by atoms with E-state index < -0.39 is 0 Å². The molecule has 0 saturated heterocycles. The highest BCUT2D eigenvalue weighted by Gasteiger charge is 2.21. The highest BCUT2D eigenvalue weighted by Crippen LogP contribution is 2.32. The lowest BCUT2D eigenvalue weighted by atomic mass is 10.3. The second-order valence-electron chi connectivity index (χ2n) is 5.67. The summed E-state index contributed by atoms with van der Waals surface area (Å²) in [5.41, 5.74) is 7.43. The molecular weight excluding hydrogens is 342 g/mol. The van der Waals surface area contributed by atoms with Gasteiger partial charge in [-0.2, -0.15) is 4.52 Å². The zero-order chi connectivity index (χ0) is 16.1. The number of nitrogens with one attached hydrogen (secondary N) is 1. The van der Waals surface area contributed by atoms with Gasteiger partial charge in [0.25, 0.3) is 0 Å². The Hall–Kier alpha value is -2.39. The zero-order valence-corrected chi connectivity index (χ0v) is 14.1. The van der Waals surface area contributed by atoms with Crippen molar-refractivity contribution < 1.29 is 0 Å². The molecule has 9 heteroatoms. The van der Waals surface area contributed by atoms with E-state index in [0.717, 1.165) is 31.7 Å². The van der Waals surface area contributed by atoms with E-state index in [1.807, 2.05) is 24.3 Å². The van der Waals surface area contributed by atoms with Crippen molar-refractivity contribution in [1.29, 1.82) is 0 Å². The second-order valence-corrected chi connectivity index (χ2v) is 7.78. The van der Waals surface area contributed by atoms with Crippen LogP contribution < -0.4 is 11.1 Å². The third kappa shape index (κ3) is 2.55. The van der Waals surface area contributed by atoms with Gasteiger partial charge in [0.2, 0.25) is 5.16 Å². The summed E-state index contributed by atoms with van der Waals surface area (Å²) in [6.45, 7) is 0. The molecule has 1 fully saturated rings. The molecule has 1 aliphatic rings. The Labute approximate surface area is 145 Å². The van der Waals surface area contributed by atoms with E-state index in [4.69, 9.17) is 5.73 Å². The molecule has 0 spiro atoms. The SMILES string of the molecule is Nc1nc2ccc(Sc3nnc4ccc(NC5CC5)nn34)cc2s1. The predicted octanol–water partition coefficient (Wildman–Crippen LogP) is 3.04. The maximum absolute atomic E-state index is 5.77. The number of aromatic nitrogens is 5. The van der Waals surface area contributed by atoms with E-state index in [1.54, 1.807) is 4.52 Å². The minimum absolute atomic E-state index is 0.557. The summed E-state index contributed by atoms with van der Waals surface area (Å²) in [4.78, 5) is 5.34. The van der Waals surface area contributed by atoms with Crippen LogP contribution in [0.3, 0.4) is 0 Å². The molecule has 24 heavy (non-hydrogen) atoms. The first-order valence-corrected chi connectivity index (χ1v) is 9.21. The van der Waals surface area contributed by atoms with E-state index in [1.165, 1.54) is 35.9 Å². The first kappa shape index (κ1) is 14.0. The number of thiazole rings is 1. The monoisotopic (exact) mass is 355 g/mol. The van der Waals surface area contributed by atoms with Crippen molar-refractivity contribution in [3.63, 3.8) is 0 Å². The van der Waals surface area contributed by atoms with E-state index in [-0.39, 0.29) is 0 Å². The molecule has 0 unspecified atom stereocenters. The van der Waals surface area contributed by atoms with Crippen LogP contribution >= 0.6 is 23.1 Å². The number of rotatable bonds is 4. The van der Waals surface area contributed by atoms with Gasteiger partial charge < -0.3 is 11.1 Å². The molecule has 5 rings (SSSR count). The molecule has 3 aromatic heterocycles. The summed E-state index contributed by atoms with van der Waals surface area (Å²) in [5, 5.41) is 17.8. The average molecular weight is 355 g/mol. The first-order valence-electron chi connectivity index (χ1n) is 7.57. The summed E-state index contributed by atoms with van der Waals surface area (Å²) in [6.07, 6.45) is 2.42. The van der Waals surface area contributed by atoms with E-state index in [2.05, 4.69) is 31.7 Å². The summed E-state index contributed by atoms with van der Waals surface area (Å²) >= 11 is 3.01. The van der Waals surface area contributed by atoms with Crippen LogP contribution in [0.15, 0.2) is 40.4 Å². The van der Waals surface area contributed by atoms with E-state index >= 15 is 0 Å². The Balaban J connectivity index is 1.49. The van der Waals surface area contributed by atoms with Crippen LogP contribution in [-0.2, 0) is 0 Å². The molecule has 7 nitrogen and oxygen atoms in total. The molecule has 0 radical (unpaired) electrons. The van der Waals surface area contributed by atoms with Crippen LogP contribution in [0.2, 0.25) is 0 Å². The number of hydrogen-bond donors (Lipinski definition) is 2. The molecular formula is C15H13N7S2. The number of nitrogen functional groups attached to an aromatic ring is 1. The van der Waals surface area contributed by atoms with Crippen molar-refractivity contribution in [3.05, 3.63) is 30.3 Å². The normalized spacial score (nSPS) is 14.5. The van der Waals surface area contributed by atoms with Crippen molar-refractivity contribution in [1.82, 2.24) is 24.8 Å². The van der Waals surface area contributed by atoms with Crippen molar-refractivity contribution >= 4 is 49.9 Å². The van der Waals surface area contributed by atoms with Gasteiger partial charge in [0.05, 0.1) is 10.2 Å². The standard InChI is InChI=1S/C15H13N7S2/c16-14-18-10-4-3-9(7-11(10)24-14)23-15-20-19-13-6-5-12(21-22(13)15)17-8-1-2-8/h3-8H,1-2H2,(H2,16,18)(H,17,21). The maximum atomic E-state index is 5.77. The first-order chi connectivity index (χ1) is 11.7. The molecule has 1 aliphatic carbocycles. The van der Waals surface area contributed by atoms with Gasteiger partial charge in [-0.3, -0.25) is 0 Å². The molecule has 0 amide bonds. The Bertz CT molecular complexity index is 1050. The van der Waals surface area contributed by atoms with Gasteiger partial charge >= 0.3 is 0 Å². The minimum Gasteiger partial charge on any atom is -0.375 e. The summed E-state index contributed by atoms with van der Waals surface area (Å²) in [7, 11) is 0. The average Bonchev–Trinajstić information content (AvgIpc) is 3.18. The molecule has 3 heterocycles. The second kappa shape index (κ2) is 5.32. The topological polar surface area (TPSA) is 94.0 Å². The minimum atomic E-state index is 0.557. The molecule has 1 aromatic carbocycles. The van der Waals surface area contributed by atoms with Crippen LogP contribution in [0.5, 0.6) is 0 Å².